The van der Waals surface area contributed by atoms with Gasteiger partial charge in [-0.2, -0.15) is 0 Å². The van der Waals surface area contributed by atoms with E-state index in [0.29, 0.717) is 5.75 Å². The molecular weight excluding hydrogens is 252 g/mol. The van der Waals surface area contributed by atoms with Gasteiger partial charge in [-0.25, -0.2) is 4.79 Å². The summed E-state index contributed by atoms with van der Waals surface area (Å²) in [6.07, 6.45) is 1.41. The fraction of sp³-hybridized carbons (Fsp3) is 0.0625. The van der Waals surface area contributed by atoms with Crippen molar-refractivity contribution in [2.45, 2.75) is 0 Å². The molecule has 0 atom stereocenters. The van der Waals surface area contributed by atoms with E-state index in [2.05, 4.69) is 4.98 Å². The average Bonchev–Trinajstić information content (AvgIpc) is 2.97. The second-order valence-corrected chi connectivity index (χ2v) is 4.46. The molecule has 4 heteroatoms. The smallest absolute Gasteiger partial charge is 0.409 e. The Balaban J connectivity index is 1.84. The molecule has 0 saturated carbocycles. The third kappa shape index (κ3) is 2.23. The van der Waals surface area contributed by atoms with Crippen LogP contribution in [0.25, 0.3) is 10.9 Å². The lowest BCUT2D eigenvalue weighted by Gasteiger charge is -2.17. The van der Waals surface area contributed by atoms with Gasteiger partial charge in [-0.15, -0.1) is 0 Å². The Morgan fingerprint density at radius 3 is 2.65 bits per heavy atom. The maximum Gasteiger partial charge on any atom is 0.419 e. The molecule has 0 bridgehead atoms. The van der Waals surface area contributed by atoms with Crippen molar-refractivity contribution in [3.63, 3.8) is 0 Å². The quantitative estimate of drug-likeness (QED) is 0.766. The van der Waals surface area contributed by atoms with E-state index < -0.39 is 6.09 Å². The average molecular weight is 266 g/mol. The number of aromatic nitrogens is 1. The highest BCUT2D eigenvalue weighted by molar-refractivity contribution is 5.92. The lowest BCUT2D eigenvalue weighted by molar-refractivity contribution is 0.209. The summed E-state index contributed by atoms with van der Waals surface area (Å²) in [5.41, 5.74) is 1.73. The van der Waals surface area contributed by atoms with E-state index in [1.165, 1.54) is 4.90 Å². The third-order valence-corrected chi connectivity index (χ3v) is 3.17. The van der Waals surface area contributed by atoms with Crippen LogP contribution >= 0.6 is 0 Å². The summed E-state index contributed by atoms with van der Waals surface area (Å²) < 4.78 is 5.47. The number of aromatic amines is 1. The van der Waals surface area contributed by atoms with Gasteiger partial charge in [0.05, 0.1) is 0 Å². The first-order chi connectivity index (χ1) is 9.75. The maximum absolute atomic E-state index is 12.2. The summed E-state index contributed by atoms with van der Waals surface area (Å²) in [7, 11) is 1.69. The maximum atomic E-state index is 12.2. The number of hydrogen-bond acceptors (Lipinski definition) is 2. The Morgan fingerprint density at radius 2 is 1.85 bits per heavy atom. The molecule has 100 valence electrons. The van der Waals surface area contributed by atoms with Crippen LogP contribution in [0, 0.1) is 0 Å². The molecule has 4 nitrogen and oxygen atoms in total. The molecular formula is C16H14N2O2. The minimum absolute atomic E-state index is 0.412. The Bertz CT molecular complexity index is 734. The first-order valence-corrected chi connectivity index (χ1v) is 6.32. The lowest BCUT2D eigenvalue weighted by atomic mass is 10.2. The van der Waals surface area contributed by atoms with Crippen LogP contribution in [0.5, 0.6) is 5.75 Å². The van der Waals surface area contributed by atoms with Gasteiger partial charge in [0.1, 0.15) is 5.75 Å². The normalized spacial score (nSPS) is 10.4. The number of carbonyl (C=O) groups is 1. The van der Waals surface area contributed by atoms with Crippen LogP contribution in [0.1, 0.15) is 0 Å². The molecule has 0 aliphatic rings. The van der Waals surface area contributed by atoms with Crippen LogP contribution < -0.4 is 9.64 Å². The van der Waals surface area contributed by atoms with Crippen molar-refractivity contribution >= 4 is 22.7 Å². The molecule has 1 heterocycles. The predicted octanol–water partition coefficient (Wildman–Crippen LogP) is 3.80. The highest BCUT2D eigenvalue weighted by atomic mass is 16.6. The fourth-order valence-corrected chi connectivity index (χ4v) is 2.07. The van der Waals surface area contributed by atoms with Gasteiger partial charge in [0.25, 0.3) is 0 Å². The van der Waals surface area contributed by atoms with Gasteiger partial charge in [-0.05, 0) is 30.3 Å². The highest BCUT2D eigenvalue weighted by Crippen LogP contribution is 2.25. The van der Waals surface area contributed by atoms with Gasteiger partial charge in [-0.1, -0.05) is 24.3 Å². The zero-order valence-electron chi connectivity index (χ0n) is 11.0. The van der Waals surface area contributed by atoms with Crippen LogP contribution in [0.3, 0.4) is 0 Å². The minimum Gasteiger partial charge on any atom is -0.409 e. The molecule has 3 rings (SSSR count). The van der Waals surface area contributed by atoms with Crippen LogP contribution in [0.4, 0.5) is 10.5 Å². The fourth-order valence-electron chi connectivity index (χ4n) is 2.07. The van der Waals surface area contributed by atoms with E-state index in [9.17, 15) is 4.79 Å². The molecule has 0 aliphatic carbocycles. The van der Waals surface area contributed by atoms with Crippen LogP contribution in [-0.4, -0.2) is 18.1 Å². The van der Waals surface area contributed by atoms with Gasteiger partial charge >= 0.3 is 6.09 Å². The molecule has 1 aromatic heterocycles. The Labute approximate surface area is 116 Å². The highest BCUT2D eigenvalue weighted by Gasteiger charge is 2.14. The first-order valence-electron chi connectivity index (χ1n) is 6.32. The van der Waals surface area contributed by atoms with Gasteiger partial charge in [0, 0.05) is 29.8 Å². The van der Waals surface area contributed by atoms with E-state index in [1.54, 1.807) is 13.1 Å². The lowest BCUT2D eigenvalue weighted by Crippen LogP contribution is -2.29. The number of hydrogen-bond donors (Lipinski definition) is 1. The van der Waals surface area contributed by atoms with E-state index in [4.69, 9.17) is 4.74 Å². The van der Waals surface area contributed by atoms with Crippen molar-refractivity contribution in [2.75, 3.05) is 11.9 Å². The van der Waals surface area contributed by atoms with Crippen LogP contribution in [-0.2, 0) is 0 Å². The van der Waals surface area contributed by atoms with Gasteiger partial charge in [-0.3, -0.25) is 4.90 Å². The van der Waals surface area contributed by atoms with Crippen LogP contribution in [0.2, 0.25) is 0 Å². The summed E-state index contributed by atoms with van der Waals surface area (Å²) in [6.45, 7) is 0. The molecule has 1 N–H and O–H groups in total. The molecule has 0 radical (unpaired) electrons. The molecule has 0 aliphatic heterocycles. The number of H-pyrrole nitrogens is 1. The van der Waals surface area contributed by atoms with Gasteiger partial charge < -0.3 is 9.72 Å². The minimum atomic E-state index is -0.412. The van der Waals surface area contributed by atoms with Crippen molar-refractivity contribution in [3.8, 4) is 5.75 Å². The van der Waals surface area contributed by atoms with E-state index >= 15 is 0 Å². The monoisotopic (exact) mass is 266 g/mol. The van der Waals surface area contributed by atoms with E-state index in [0.717, 1.165) is 16.6 Å². The van der Waals surface area contributed by atoms with Crippen molar-refractivity contribution in [1.82, 2.24) is 4.98 Å². The first kappa shape index (κ1) is 12.3. The predicted molar refractivity (Wildman–Crippen MR) is 79.2 cm³/mol. The largest absolute Gasteiger partial charge is 0.419 e. The second-order valence-electron chi connectivity index (χ2n) is 4.46. The van der Waals surface area contributed by atoms with Crippen molar-refractivity contribution < 1.29 is 9.53 Å². The summed E-state index contributed by atoms with van der Waals surface area (Å²) in [4.78, 5) is 16.7. The topological polar surface area (TPSA) is 45.3 Å². The molecule has 2 aromatic carbocycles. The summed E-state index contributed by atoms with van der Waals surface area (Å²) >= 11 is 0. The molecule has 0 fully saturated rings. The molecule has 0 spiro atoms. The zero-order chi connectivity index (χ0) is 13.9. The van der Waals surface area contributed by atoms with E-state index in [-0.39, 0.29) is 0 Å². The number of para-hydroxylation sites is 1. The zero-order valence-corrected chi connectivity index (χ0v) is 11.0. The number of carbonyl (C=O) groups excluding carboxylic acids is 1. The molecule has 20 heavy (non-hydrogen) atoms. The number of rotatable bonds is 2. The Hall–Kier alpha value is -2.75. The van der Waals surface area contributed by atoms with Crippen LogP contribution in [0.15, 0.2) is 60.8 Å². The molecule has 3 aromatic rings. The number of amides is 1. The molecule has 0 unspecified atom stereocenters. The van der Waals surface area contributed by atoms with Crippen molar-refractivity contribution in [3.05, 3.63) is 60.8 Å². The van der Waals surface area contributed by atoms with E-state index in [1.807, 2.05) is 54.7 Å². The third-order valence-electron chi connectivity index (χ3n) is 3.17. The molecule has 0 saturated heterocycles. The van der Waals surface area contributed by atoms with Gasteiger partial charge in [0.2, 0.25) is 0 Å². The second kappa shape index (κ2) is 5.09. The SMILES string of the molecule is CN(C(=O)Oc1cccc2[nH]ccc12)c1ccccc1. The summed E-state index contributed by atoms with van der Waals surface area (Å²) in [5, 5.41) is 0.891. The Kier molecular flexibility index (Phi) is 3.13. The van der Waals surface area contributed by atoms with Crippen molar-refractivity contribution in [1.29, 1.82) is 0 Å². The van der Waals surface area contributed by atoms with Gasteiger partial charge in [0.15, 0.2) is 0 Å². The number of fused-ring (bicyclic) bond motifs is 1. The number of anilines is 1. The number of nitrogens with zero attached hydrogens (tertiary/aromatic N) is 1. The number of benzene rings is 2. The number of ether oxygens (including phenoxy) is 1. The van der Waals surface area contributed by atoms with Crippen molar-refractivity contribution in [2.24, 2.45) is 0 Å². The number of nitrogens with one attached hydrogen (secondary N) is 1. The Morgan fingerprint density at radius 1 is 1.05 bits per heavy atom. The summed E-state index contributed by atoms with van der Waals surface area (Å²) in [5.74, 6) is 0.552. The molecule has 1 amide bonds. The standard InChI is InChI=1S/C16H14N2O2/c1-18(12-6-3-2-4-7-12)16(19)20-15-9-5-8-14-13(15)10-11-17-14/h2-11,17H,1H3. The summed E-state index contributed by atoms with van der Waals surface area (Å²) in [6, 6.07) is 16.8.